The van der Waals surface area contributed by atoms with Crippen LogP contribution in [-0.4, -0.2) is 43.2 Å². The van der Waals surface area contributed by atoms with Gasteiger partial charge in [0.1, 0.15) is 11.9 Å². The zero-order chi connectivity index (χ0) is 20.6. The number of benzene rings is 2. The van der Waals surface area contributed by atoms with Crippen molar-refractivity contribution in [2.24, 2.45) is 0 Å². The van der Waals surface area contributed by atoms with Crippen molar-refractivity contribution in [1.29, 1.82) is 0 Å². The molecule has 1 atom stereocenters. The lowest BCUT2D eigenvalue weighted by Gasteiger charge is -2.32. The predicted octanol–water partition coefficient (Wildman–Crippen LogP) is 4.03. The summed E-state index contributed by atoms with van der Waals surface area (Å²) in [7, 11) is 1.64. The van der Waals surface area contributed by atoms with E-state index in [2.05, 4.69) is 22.3 Å². The van der Waals surface area contributed by atoms with Crippen molar-refractivity contribution in [3.8, 4) is 5.75 Å². The maximum atomic E-state index is 12.5. The number of likely N-dealkylation sites (tertiary alicyclic amines) is 1. The maximum absolute atomic E-state index is 12.5. The van der Waals surface area contributed by atoms with Gasteiger partial charge in [-0.25, -0.2) is 0 Å². The highest BCUT2D eigenvalue weighted by molar-refractivity contribution is 6.30. The Labute approximate surface area is 177 Å². The summed E-state index contributed by atoms with van der Waals surface area (Å²) in [6, 6.07) is 15.9. The lowest BCUT2D eigenvalue weighted by molar-refractivity contribution is -0.133. The molecule has 0 saturated carbocycles. The summed E-state index contributed by atoms with van der Waals surface area (Å²) < 4.78 is 11.0. The minimum atomic E-state index is -0.492. The summed E-state index contributed by atoms with van der Waals surface area (Å²) >= 11 is 5.95. The van der Waals surface area contributed by atoms with Crippen LogP contribution in [0.15, 0.2) is 48.5 Å². The molecule has 2 aromatic rings. The number of hydrogen-bond donors (Lipinski definition) is 1. The quantitative estimate of drug-likeness (QED) is 0.705. The van der Waals surface area contributed by atoms with E-state index in [-0.39, 0.29) is 11.9 Å². The second-order valence-corrected chi connectivity index (χ2v) is 7.93. The third-order valence-corrected chi connectivity index (χ3v) is 5.51. The molecule has 1 amide bonds. The number of ether oxygens (including phenoxy) is 2. The van der Waals surface area contributed by atoms with Crippen LogP contribution in [0.2, 0.25) is 5.02 Å². The molecule has 0 aliphatic carbocycles. The van der Waals surface area contributed by atoms with Crippen molar-refractivity contribution in [2.45, 2.75) is 45.1 Å². The van der Waals surface area contributed by atoms with Crippen LogP contribution in [0.4, 0.5) is 0 Å². The highest BCUT2D eigenvalue weighted by atomic mass is 35.5. The lowest BCUT2D eigenvalue weighted by atomic mass is 10.0. The number of rotatable bonds is 8. The molecule has 6 heteroatoms. The van der Waals surface area contributed by atoms with Crippen molar-refractivity contribution in [3.63, 3.8) is 0 Å². The molecule has 1 heterocycles. The van der Waals surface area contributed by atoms with Gasteiger partial charge in [0.25, 0.3) is 0 Å². The summed E-state index contributed by atoms with van der Waals surface area (Å²) in [4.78, 5) is 14.9. The molecule has 1 N–H and O–H groups in total. The molecule has 156 valence electrons. The smallest absolute Gasteiger partial charge is 0.249 e. The third-order valence-electron chi connectivity index (χ3n) is 5.26. The maximum Gasteiger partial charge on any atom is 0.249 e. The number of hydrogen-bond acceptors (Lipinski definition) is 4. The number of carbonyl (C=O) groups is 1. The monoisotopic (exact) mass is 416 g/mol. The van der Waals surface area contributed by atoms with Crippen molar-refractivity contribution >= 4 is 17.5 Å². The molecule has 1 aliphatic heterocycles. The van der Waals surface area contributed by atoms with Crippen molar-refractivity contribution in [2.75, 3.05) is 20.2 Å². The molecule has 0 radical (unpaired) electrons. The number of nitrogens with one attached hydrogen (secondary N) is 1. The number of nitrogens with zero attached hydrogens (tertiary/aromatic N) is 1. The molecule has 1 fully saturated rings. The Balaban J connectivity index is 1.38. The Morgan fingerprint density at radius 1 is 1.17 bits per heavy atom. The molecule has 0 spiro atoms. The Hall–Kier alpha value is -2.08. The van der Waals surface area contributed by atoms with E-state index in [9.17, 15) is 4.79 Å². The molecule has 3 rings (SSSR count). The fraction of sp³-hybridized carbons (Fsp3) is 0.435. The fourth-order valence-corrected chi connectivity index (χ4v) is 3.59. The van der Waals surface area contributed by atoms with Crippen LogP contribution < -0.4 is 10.1 Å². The molecular weight excluding hydrogens is 388 g/mol. The highest BCUT2D eigenvalue weighted by Gasteiger charge is 2.23. The standard InChI is InChI=1S/C23H29ClN2O3/c1-17(29-16-19-4-3-5-22(14-19)28-2)23(27)25-21-10-12-26(13-11-21)15-18-6-8-20(24)9-7-18/h3-9,14,17,21H,10-13,15-16H2,1-2H3,(H,25,27). The second kappa shape index (κ2) is 10.6. The van der Waals surface area contributed by atoms with Gasteiger partial charge in [0, 0.05) is 30.7 Å². The summed E-state index contributed by atoms with van der Waals surface area (Å²) in [6.45, 7) is 5.02. The summed E-state index contributed by atoms with van der Waals surface area (Å²) in [6.07, 6.45) is 1.40. The number of carbonyl (C=O) groups excluding carboxylic acids is 1. The van der Waals surface area contributed by atoms with Gasteiger partial charge in [0.2, 0.25) is 5.91 Å². The van der Waals surface area contributed by atoms with Crippen LogP contribution in [0, 0.1) is 0 Å². The van der Waals surface area contributed by atoms with Gasteiger partial charge in [0.15, 0.2) is 0 Å². The van der Waals surface area contributed by atoms with Crippen molar-refractivity contribution < 1.29 is 14.3 Å². The zero-order valence-corrected chi connectivity index (χ0v) is 17.8. The van der Waals surface area contributed by atoms with Crippen LogP contribution in [0.25, 0.3) is 0 Å². The first-order valence-electron chi connectivity index (χ1n) is 10.0. The molecule has 1 unspecified atom stereocenters. The van der Waals surface area contributed by atoms with E-state index in [4.69, 9.17) is 21.1 Å². The summed E-state index contributed by atoms with van der Waals surface area (Å²) in [5.41, 5.74) is 2.25. The number of piperidine rings is 1. The molecule has 0 bridgehead atoms. The van der Waals surface area contributed by atoms with E-state index < -0.39 is 6.10 Å². The zero-order valence-electron chi connectivity index (χ0n) is 17.1. The SMILES string of the molecule is COc1cccc(COC(C)C(=O)NC2CCN(Cc3ccc(Cl)cc3)CC2)c1. The van der Waals surface area contributed by atoms with Crippen molar-refractivity contribution in [3.05, 3.63) is 64.7 Å². The largest absolute Gasteiger partial charge is 0.497 e. The summed E-state index contributed by atoms with van der Waals surface area (Å²) in [5.74, 6) is 0.734. The first-order valence-corrected chi connectivity index (χ1v) is 10.4. The third kappa shape index (κ3) is 6.74. The van der Waals surface area contributed by atoms with Gasteiger partial charge in [-0.3, -0.25) is 9.69 Å². The number of halogens is 1. The van der Waals surface area contributed by atoms with E-state index in [1.165, 1.54) is 5.56 Å². The number of methoxy groups -OCH3 is 1. The van der Waals surface area contributed by atoms with Gasteiger partial charge in [-0.05, 0) is 55.2 Å². The molecule has 2 aromatic carbocycles. The molecule has 1 saturated heterocycles. The average molecular weight is 417 g/mol. The summed E-state index contributed by atoms with van der Waals surface area (Å²) in [5, 5.41) is 3.90. The Morgan fingerprint density at radius 3 is 2.59 bits per heavy atom. The van der Waals surface area contributed by atoms with E-state index in [1.54, 1.807) is 14.0 Å². The van der Waals surface area contributed by atoms with Gasteiger partial charge < -0.3 is 14.8 Å². The van der Waals surface area contributed by atoms with Crippen LogP contribution in [0.5, 0.6) is 5.75 Å². The van der Waals surface area contributed by atoms with Crippen LogP contribution in [0.3, 0.4) is 0 Å². The average Bonchev–Trinajstić information content (AvgIpc) is 2.75. The van der Waals surface area contributed by atoms with Gasteiger partial charge in [0.05, 0.1) is 13.7 Å². The Kier molecular flexibility index (Phi) is 7.92. The fourth-order valence-electron chi connectivity index (χ4n) is 3.46. The van der Waals surface area contributed by atoms with Gasteiger partial charge in [-0.15, -0.1) is 0 Å². The van der Waals surface area contributed by atoms with E-state index >= 15 is 0 Å². The first-order chi connectivity index (χ1) is 14.0. The van der Waals surface area contributed by atoms with Gasteiger partial charge in [-0.1, -0.05) is 35.9 Å². The topological polar surface area (TPSA) is 50.8 Å². The molecule has 1 aliphatic rings. The van der Waals surface area contributed by atoms with E-state index in [0.29, 0.717) is 6.61 Å². The Bertz CT molecular complexity index is 789. The van der Waals surface area contributed by atoms with Crippen molar-refractivity contribution in [1.82, 2.24) is 10.2 Å². The first kappa shape index (κ1) is 21.6. The molecule has 5 nitrogen and oxygen atoms in total. The lowest BCUT2D eigenvalue weighted by Crippen LogP contribution is -2.47. The van der Waals surface area contributed by atoms with E-state index in [1.807, 2.05) is 36.4 Å². The van der Waals surface area contributed by atoms with Gasteiger partial charge >= 0.3 is 0 Å². The minimum Gasteiger partial charge on any atom is -0.497 e. The van der Waals surface area contributed by atoms with Gasteiger partial charge in [-0.2, -0.15) is 0 Å². The van der Waals surface area contributed by atoms with Crippen LogP contribution >= 0.6 is 11.6 Å². The van der Waals surface area contributed by atoms with E-state index in [0.717, 1.165) is 48.8 Å². The molecule has 0 aromatic heterocycles. The van der Waals surface area contributed by atoms with Crippen LogP contribution in [-0.2, 0) is 22.7 Å². The Morgan fingerprint density at radius 2 is 1.90 bits per heavy atom. The normalized spacial score (nSPS) is 16.4. The molecular formula is C23H29ClN2O3. The predicted molar refractivity (Wildman–Crippen MR) is 115 cm³/mol. The molecule has 29 heavy (non-hydrogen) atoms. The second-order valence-electron chi connectivity index (χ2n) is 7.49. The minimum absolute atomic E-state index is 0.0518. The van der Waals surface area contributed by atoms with Crippen LogP contribution in [0.1, 0.15) is 30.9 Å². The highest BCUT2D eigenvalue weighted by Crippen LogP contribution is 2.17. The number of amides is 1.